The van der Waals surface area contributed by atoms with Crippen molar-refractivity contribution in [2.45, 2.75) is 23.5 Å². The van der Waals surface area contributed by atoms with Crippen molar-refractivity contribution in [3.63, 3.8) is 0 Å². The second-order valence-corrected chi connectivity index (χ2v) is 6.45. The molecule has 17 heavy (non-hydrogen) atoms. The number of benzene rings is 1. The van der Waals surface area contributed by atoms with Gasteiger partial charge in [0.1, 0.15) is 11.7 Å². The molecule has 2 unspecified atom stereocenters. The summed E-state index contributed by atoms with van der Waals surface area (Å²) in [6.07, 6.45) is 0.548. The van der Waals surface area contributed by atoms with Crippen LogP contribution < -0.4 is 0 Å². The third kappa shape index (κ3) is 1.75. The summed E-state index contributed by atoms with van der Waals surface area (Å²) in [5.41, 5.74) is -0.370. The molecule has 1 aromatic carbocycles. The first kappa shape index (κ1) is 11.8. The first-order valence-electron chi connectivity index (χ1n) is 5.14. The monoisotopic (exact) mass is 249 g/mol. The quantitative estimate of drug-likeness (QED) is 0.755. The molecule has 0 spiro atoms. The van der Waals surface area contributed by atoms with Crippen LogP contribution in [0.2, 0.25) is 0 Å². The van der Waals surface area contributed by atoms with E-state index < -0.39 is 20.5 Å². The number of aryl methyl sites for hydroxylation is 1. The van der Waals surface area contributed by atoms with Crippen molar-refractivity contribution in [1.82, 2.24) is 0 Å². The van der Waals surface area contributed by atoms with E-state index in [4.69, 9.17) is 5.26 Å². The van der Waals surface area contributed by atoms with Gasteiger partial charge in [0, 0.05) is 0 Å². The second-order valence-electron chi connectivity index (χ2n) is 4.32. The topological polar surface area (TPSA) is 75.0 Å². The Morgan fingerprint density at radius 1 is 1.41 bits per heavy atom. The van der Waals surface area contributed by atoms with E-state index in [-0.39, 0.29) is 11.3 Å². The van der Waals surface area contributed by atoms with Crippen LogP contribution in [0.4, 0.5) is 0 Å². The molecule has 0 aromatic heterocycles. The van der Waals surface area contributed by atoms with Gasteiger partial charge in [0.15, 0.2) is 9.84 Å². The third-order valence-electron chi connectivity index (χ3n) is 3.08. The van der Waals surface area contributed by atoms with Crippen LogP contribution in [0.25, 0.3) is 0 Å². The molecule has 0 bridgehead atoms. The molecule has 4 nitrogen and oxygen atoms in total. The van der Waals surface area contributed by atoms with Gasteiger partial charge in [-0.25, -0.2) is 8.42 Å². The molecule has 0 amide bonds. The maximum absolute atomic E-state index is 12.1. The van der Waals surface area contributed by atoms with E-state index in [1.165, 1.54) is 12.1 Å². The number of rotatable bonds is 3. The van der Waals surface area contributed by atoms with Gasteiger partial charge in [0.05, 0.1) is 16.2 Å². The Labute approximate surface area is 99.8 Å². The van der Waals surface area contributed by atoms with E-state index >= 15 is 0 Å². The molecule has 0 radical (unpaired) electrons. The van der Waals surface area contributed by atoms with Crippen LogP contribution in [0.3, 0.4) is 0 Å². The van der Waals surface area contributed by atoms with Crippen LogP contribution >= 0.6 is 0 Å². The smallest absolute Gasteiger partial charge is 0.183 e. The zero-order valence-corrected chi connectivity index (χ0v) is 10.1. The van der Waals surface area contributed by atoms with Crippen molar-refractivity contribution < 1.29 is 13.2 Å². The predicted octanol–water partition coefficient (Wildman–Crippen LogP) is 1.25. The van der Waals surface area contributed by atoms with Crippen LogP contribution in [0.15, 0.2) is 29.2 Å². The number of carbonyl (C=O) groups is 1. The van der Waals surface area contributed by atoms with Crippen LogP contribution in [0.5, 0.6) is 0 Å². The molecule has 1 fully saturated rings. The molecule has 88 valence electrons. The molecule has 5 heteroatoms. The first-order chi connectivity index (χ1) is 7.96. The van der Waals surface area contributed by atoms with E-state index in [2.05, 4.69) is 0 Å². The number of aldehydes is 1. The molecule has 1 aliphatic carbocycles. The lowest BCUT2D eigenvalue weighted by Gasteiger charge is -2.04. The van der Waals surface area contributed by atoms with E-state index in [1.807, 2.05) is 6.92 Å². The van der Waals surface area contributed by atoms with Gasteiger partial charge in [0.2, 0.25) is 0 Å². The van der Waals surface area contributed by atoms with Crippen LogP contribution in [0.1, 0.15) is 12.0 Å². The molecule has 0 N–H and O–H groups in total. The first-order valence-corrected chi connectivity index (χ1v) is 6.69. The standard InChI is InChI=1S/C12H11NO3S/c1-9-2-4-10(5-3-9)17(15,16)11-6-12(11,7-13)8-14/h2-5,8,11H,6H2,1H3. The molecule has 1 aliphatic rings. The van der Waals surface area contributed by atoms with Gasteiger partial charge < -0.3 is 4.79 Å². The molecule has 1 saturated carbocycles. The molecular weight excluding hydrogens is 238 g/mol. The zero-order chi connectivity index (χ0) is 12.7. The summed E-state index contributed by atoms with van der Waals surface area (Å²) in [6.45, 7) is 1.86. The highest BCUT2D eigenvalue weighted by atomic mass is 32.2. The van der Waals surface area contributed by atoms with E-state index in [9.17, 15) is 13.2 Å². The van der Waals surface area contributed by atoms with Crippen molar-refractivity contribution in [3.05, 3.63) is 29.8 Å². The lowest BCUT2D eigenvalue weighted by Crippen LogP contribution is -2.16. The van der Waals surface area contributed by atoms with E-state index in [1.54, 1.807) is 18.2 Å². The van der Waals surface area contributed by atoms with Crippen molar-refractivity contribution in [3.8, 4) is 6.07 Å². The molecule has 0 saturated heterocycles. The highest BCUT2D eigenvalue weighted by Gasteiger charge is 2.62. The van der Waals surface area contributed by atoms with Crippen LogP contribution in [-0.4, -0.2) is 20.0 Å². The van der Waals surface area contributed by atoms with Crippen molar-refractivity contribution in [1.29, 1.82) is 5.26 Å². The molecule has 0 heterocycles. The summed E-state index contributed by atoms with van der Waals surface area (Å²) in [5.74, 6) is 0. The average molecular weight is 249 g/mol. The summed E-state index contributed by atoms with van der Waals surface area (Å²) in [6, 6.07) is 8.21. The fourth-order valence-electron chi connectivity index (χ4n) is 1.79. The summed E-state index contributed by atoms with van der Waals surface area (Å²) in [5, 5.41) is 7.95. The van der Waals surface area contributed by atoms with Gasteiger partial charge in [-0.1, -0.05) is 17.7 Å². The predicted molar refractivity (Wildman–Crippen MR) is 60.9 cm³/mol. The average Bonchev–Trinajstić information content (AvgIpc) is 3.06. The minimum absolute atomic E-state index is 0.100. The number of carbonyl (C=O) groups excluding carboxylic acids is 1. The summed E-state index contributed by atoms with van der Waals surface area (Å²) >= 11 is 0. The third-order valence-corrected chi connectivity index (χ3v) is 5.35. The van der Waals surface area contributed by atoms with Gasteiger partial charge in [0.25, 0.3) is 0 Å². The van der Waals surface area contributed by atoms with Gasteiger partial charge in [-0.2, -0.15) is 5.26 Å². The molecule has 1 aromatic rings. The maximum Gasteiger partial charge on any atom is 0.183 e. The van der Waals surface area contributed by atoms with Crippen molar-refractivity contribution >= 4 is 16.1 Å². The van der Waals surface area contributed by atoms with Gasteiger partial charge in [-0.3, -0.25) is 0 Å². The lowest BCUT2D eigenvalue weighted by atomic mass is 10.2. The Morgan fingerprint density at radius 3 is 2.41 bits per heavy atom. The van der Waals surface area contributed by atoms with E-state index in [0.717, 1.165) is 5.56 Å². The molecule has 0 aliphatic heterocycles. The Bertz CT molecular complexity index is 598. The largest absolute Gasteiger partial charge is 0.302 e. The van der Waals surface area contributed by atoms with E-state index in [0.29, 0.717) is 6.29 Å². The summed E-state index contributed by atoms with van der Waals surface area (Å²) < 4.78 is 24.3. The van der Waals surface area contributed by atoms with Crippen molar-refractivity contribution in [2.75, 3.05) is 0 Å². The number of nitrogens with zero attached hydrogens (tertiary/aromatic N) is 1. The minimum atomic E-state index is -3.57. The fourth-order valence-corrected chi connectivity index (χ4v) is 3.80. The second kappa shape index (κ2) is 3.67. The highest BCUT2D eigenvalue weighted by molar-refractivity contribution is 7.92. The Morgan fingerprint density at radius 2 is 2.00 bits per heavy atom. The Balaban J connectivity index is 2.38. The van der Waals surface area contributed by atoms with Gasteiger partial charge in [-0.15, -0.1) is 0 Å². The fraction of sp³-hybridized carbons (Fsp3) is 0.333. The number of hydrogen-bond acceptors (Lipinski definition) is 4. The van der Waals surface area contributed by atoms with Gasteiger partial charge >= 0.3 is 0 Å². The highest BCUT2D eigenvalue weighted by Crippen LogP contribution is 2.50. The van der Waals surface area contributed by atoms with Crippen molar-refractivity contribution in [2.24, 2.45) is 5.41 Å². The lowest BCUT2D eigenvalue weighted by molar-refractivity contribution is -0.110. The summed E-state index contributed by atoms with van der Waals surface area (Å²) in [7, 11) is -3.57. The Hall–Kier alpha value is -1.67. The number of hydrogen-bond donors (Lipinski definition) is 0. The number of nitriles is 1. The summed E-state index contributed by atoms with van der Waals surface area (Å²) in [4.78, 5) is 10.9. The maximum atomic E-state index is 12.1. The molecular formula is C12H11NO3S. The van der Waals surface area contributed by atoms with Crippen LogP contribution in [-0.2, 0) is 14.6 Å². The SMILES string of the molecule is Cc1ccc(S(=O)(=O)C2CC2(C#N)C=O)cc1. The normalized spacial score (nSPS) is 27.2. The molecule has 2 atom stereocenters. The van der Waals surface area contributed by atoms with Gasteiger partial charge in [-0.05, 0) is 25.5 Å². The van der Waals surface area contributed by atoms with Crippen LogP contribution in [0, 0.1) is 23.7 Å². The molecule has 2 rings (SSSR count). The Kier molecular flexibility index (Phi) is 2.55. The number of sulfone groups is 1. The zero-order valence-electron chi connectivity index (χ0n) is 9.25. The minimum Gasteiger partial charge on any atom is -0.302 e.